The topological polar surface area (TPSA) is 69.7 Å². The first-order valence-electron chi connectivity index (χ1n) is 8.58. The summed E-state index contributed by atoms with van der Waals surface area (Å²) < 4.78 is 27.0. The van der Waals surface area contributed by atoms with Gasteiger partial charge in [0.2, 0.25) is 5.91 Å². The summed E-state index contributed by atoms with van der Waals surface area (Å²) in [6.45, 7) is 1.29. The van der Waals surface area contributed by atoms with E-state index in [-0.39, 0.29) is 18.4 Å². The number of halogens is 1. The number of benzene rings is 1. The summed E-state index contributed by atoms with van der Waals surface area (Å²) >= 11 is 7.69. The Morgan fingerprint density at radius 2 is 2.19 bits per heavy atom. The van der Waals surface area contributed by atoms with Gasteiger partial charge in [-0.15, -0.1) is 0 Å². The molecule has 1 amide bonds. The van der Waals surface area contributed by atoms with E-state index in [1.54, 1.807) is 11.8 Å². The third-order valence-electron chi connectivity index (χ3n) is 4.25. The molecule has 1 saturated heterocycles. The number of thioether (sulfide) groups is 1. The third kappa shape index (κ3) is 6.13. The van der Waals surface area contributed by atoms with E-state index in [9.17, 15) is 13.2 Å². The van der Waals surface area contributed by atoms with Crippen LogP contribution in [0, 0.1) is 5.92 Å². The fourth-order valence-corrected chi connectivity index (χ4v) is 5.01. The van der Waals surface area contributed by atoms with E-state index in [1.165, 1.54) is 22.7 Å². The number of hydrogen-bond donors (Lipinski definition) is 1. The van der Waals surface area contributed by atoms with Crippen LogP contribution in [0.15, 0.2) is 24.3 Å². The van der Waals surface area contributed by atoms with Gasteiger partial charge in [0.25, 0.3) is 10.2 Å². The maximum absolute atomic E-state index is 12.3. The molecule has 0 radical (unpaired) electrons. The Morgan fingerprint density at radius 3 is 2.88 bits per heavy atom. The average Bonchev–Trinajstić information content (AvgIpc) is 2.61. The summed E-state index contributed by atoms with van der Waals surface area (Å²) in [6.07, 6.45) is 1.43. The molecule has 0 aliphatic carbocycles. The maximum Gasteiger partial charge on any atom is 0.281 e. The first-order chi connectivity index (χ1) is 12.3. The lowest BCUT2D eigenvalue weighted by molar-refractivity contribution is -0.125. The molecule has 1 aromatic carbocycles. The molecule has 146 valence electrons. The Hall–Kier alpha value is -0.800. The lowest BCUT2D eigenvalue weighted by atomic mass is 9.99. The van der Waals surface area contributed by atoms with Crippen LogP contribution in [-0.2, 0) is 20.8 Å². The molecule has 2 rings (SSSR count). The second-order valence-electron chi connectivity index (χ2n) is 6.46. The van der Waals surface area contributed by atoms with Crippen LogP contribution in [0.25, 0.3) is 0 Å². The van der Waals surface area contributed by atoms with Crippen LogP contribution < -0.4 is 5.32 Å². The zero-order chi connectivity index (χ0) is 19.2. The standard InChI is InChI=1S/C17H26ClN3O3S2/c1-20(2)26(23,24)21-9-4-6-15(12-21)17(22)19-8-10-25-13-14-5-3-7-16(18)11-14/h3,5,7,11,15H,4,6,8-10,12-13H2,1-2H3,(H,19,22)/t15-/m1/s1. The van der Waals surface area contributed by atoms with Crippen LogP contribution in [0.5, 0.6) is 0 Å². The predicted molar refractivity (Wildman–Crippen MR) is 108 cm³/mol. The SMILES string of the molecule is CN(C)S(=O)(=O)N1CCC[C@@H](C(=O)NCCSCc2cccc(Cl)c2)C1. The van der Waals surface area contributed by atoms with Gasteiger partial charge in [-0.25, -0.2) is 0 Å². The molecule has 1 heterocycles. The van der Waals surface area contributed by atoms with Crippen LogP contribution in [0.3, 0.4) is 0 Å². The highest BCUT2D eigenvalue weighted by Gasteiger charge is 2.33. The van der Waals surface area contributed by atoms with Crippen LogP contribution in [0.2, 0.25) is 5.02 Å². The highest BCUT2D eigenvalue weighted by atomic mass is 35.5. The highest BCUT2D eigenvalue weighted by molar-refractivity contribution is 7.98. The minimum atomic E-state index is -3.46. The van der Waals surface area contributed by atoms with Gasteiger partial charge in [-0.1, -0.05) is 23.7 Å². The summed E-state index contributed by atoms with van der Waals surface area (Å²) in [4.78, 5) is 12.3. The molecule has 0 spiro atoms. The summed E-state index contributed by atoms with van der Waals surface area (Å²) in [5.41, 5.74) is 1.16. The molecule has 1 aliphatic heterocycles. The van der Waals surface area contributed by atoms with Crippen molar-refractivity contribution in [3.05, 3.63) is 34.9 Å². The number of rotatable bonds is 8. The van der Waals surface area contributed by atoms with Crippen molar-refractivity contribution in [3.8, 4) is 0 Å². The second-order valence-corrected chi connectivity index (χ2v) is 10.1. The molecule has 0 aromatic heterocycles. The Balaban J connectivity index is 1.72. The van der Waals surface area contributed by atoms with Crippen molar-refractivity contribution in [1.82, 2.24) is 13.9 Å². The van der Waals surface area contributed by atoms with Gasteiger partial charge in [0.15, 0.2) is 0 Å². The zero-order valence-corrected chi connectivity index (χ0v) is 17.5. The van der Waals surface area contributed by atoms with E-state index in [1.807, 2.05) is 24.3 Å². The fourth-order valence-electron chi connectivity index (χ4n) is 2.80. The van der Waals surface area contributed by atoms with Crippen molar-refractivity contribution in [2.75, 3.05) is 39.5 Å². The van der Waals surface area contributed by atoms with Crippen LogP contribution in [0.1, 0.15) is 18.4 Å². The van der Waals surface area contributed by atoms with Crippen molar-refractivity contribution in [2.45, 2.75) is 18.6 Å². The van der Waals surface area contributed by atoms with Gasteiger partial charge in [0.1, 0.15) is 0 Å². The molecule has 1 N–H and O–H groups in total. The van der Waals surface area contributed by atoms with Crippen molar-refractivity contribution < 1.29 is 13.2 Å². The largest absolute Gasteiger partial charge is 0.355 e. The van der Waals surface area contributed by atoms with Gasteiger partial charge in [-0.2, -0.15) is 28.8 Å². The molecule has 1 fully saturated rings. The Labute approximate surface area is 165 Å². The van der Waals surface area contributed by atoms with Crippen LogP contribution >= 0.6 is 23.4 Å². The lowest BCUT2D eigenvalue weighted by Crippen LogP contribution is -2.49. The molecule has 26 heavy (non-hydrogen) atoms. The summed E-state index contributed by atoms with van der Waals surface area (Å²) in [5.74, 6) is 1.29. The fraction of sp³-hybridized carbons (Fsp3) is 0.588. The van der Waals surface area contributed by atoms with E-state index < -0.39 is 10.2 Å². The molecule has 0 unspecified atom stereocenters. The number of amides is 1. The van der Waals surface area contributed by atoms with Crippen molar-refractivity contribution in [1.29, 1.82) is 0 Å². The first kappa shape index (κ1) is 21.5. The van der Waals surface area contributed by atoms with Crippen molar-refractivity contribution in [2.24, 2.45) is 5.92 Å². The molecule has 9 heteroatoms. The van der Waals surface area contributed by atoms with E-state index in [0.29, 0.717) is 19.5 Å². The van der Waals surface area contributed by atoms with Crippen molar-refractivity contribution >= 4 is 39.5 Å². The Morgan fingerprint density at radius 1 is 1.42 bits per heavy atom. The molecule has 0 saturated carbocycles. The minimum Gasteiger partial charge on any atom is -0.355 e. The van der Waals surface area contributed by atoms with E-state index >= 15 is 0 Å². The normalized spacial score (nSPS) is 18.8. The number of hydrogen-bond acceptors (Lipinski definition) is 4. The maximum atomic E-state index is 12.3. The summed E-state index contributed by atoms with van der Waals surface area (Å²) in [5, 5.41) is 3.66. The molecule has 1 atom stereocenters. The quantitative estimate of drug-likeness (QED) is 0.656. The molecular formula is C17H26ClN3O3S2. The smallest absolute Gasteiger partial charge is 0.281 e. The number of nitrogens with zero attached hydrogens (tertiary/aromatic N) is 2. The van der Waals surface area contributed by atoms with E-state index in [2.05, 4.69) is 5.32 Å². The van der Waals surface area contributed by atoms with E-state index in [4.69, 9.17) is 11.6 Å². The molecule has 6 nitrogen and oxygen atoms in total. The van der Waals surface area contributed by atoms with Gasteiger partial charge < -0.3 is 5.32 Å². The van der Waals surface area contributed by atoms with Gasteiger partial charge >= 0.3 is 0 Å². The number of carbonyl (C=O) groups excluding carboxylic acids is 1. The highest BCUT2D eigenvalue weighted by Crippen LogP contribution is 2.20. The zero-order valence-electron chi connectivity index (χ0n) is 15.2. The van der Waals surface area contributed by atoms with E-state index in [0.717, 1.165) is 28.5 Å². The molecule has 0 bridgehead atoms. The monoisotopic (exact) mass is 419 g/mol. The summed E-state index contributed by atoms with van der Waals surface area (Å²) in [6, 6.07) is 7.74. The molecule has 1 aromatic rings. The summed E-state index contributed by atoms with van der Waals surface area (Å²) in [7, 11) is -0.438. The van der Waals surface area contributed by atoms with Crippen LogP contribution in [-0.4, -0.2) is 62.4 Å². The van der Waals surface area contributed by atoms with Crippen LogP contribution in [0.4, 0.5) is 0 Å². The lowest BCUT2D eigenvalue weighted by Gasteiger charge is -2.32. The van der Waals surface area contributed by atoms with Crippen molar-refractivity contribution in [3.63, 3.8) is 0 Å². The minimum absolute atomic E-state index is 0.0630. The van der Waals surface area contributed by atoms with Gasteiger partial charge in [-0.3, -0.25) is 4.79 Å². The first-order valence-corrected chi connectivity index (χ1v) is 11.5. The van der Waals surface area contributed by atoms with Gasteiger partial charge in [0.05, 0.1) is 5.92 Å². The third-order valence-corrected chi connectivity index (χ3v) is 7.42. The Kier molecular flexibility index (Phi) is 8.22. The number of nitrogens with one attached hydrogen (secondary N) is 1. The van der Waals surface area contributed by atoms with Gasteiger partial charge in [-0.05, 0) is 30.5 Å². The number of piperidine rings is 1. The average molecular weight is 420 g/mol. The second kappa shape index (κ2) is 9.94. The Bertz CT molecular complexity index is 713. The molecule has 1 aliphatic rings. The predicted octanol–water partition coefficient (Wildman–Crippen LogP) is 2.21. The molecular weight excluding hydrogens is 394 g/mol. The van der Waals surface area contributed by atoms with Gasteiger partial charge in [0, 0.05) is 50.3 Å². The number of carbonyl (C=O) groups is 1.